The summed E-state index contributed by atoms with van der Waals surface area (Å²) in [6, 6.07) is 7.71. The van der Waals surface area contributed by atoms with E-state index in [4.69, 9.17) is 4.74 Å². The van der Waals surface area contributed by atoms with Gasteiger partial charge in [-0.1, -0.05) is 6.07 Å². The Hall–Kier alpha value is -1.81. The number of H-pyrrole nitrogens is 1. The highest BCUT2D eigenvalue weighted by atomic mass is 16.5. The molecule has 0 saturated carbocycles. The summed E-state index contributed by atoms with van der Waals surface area (Å²) in [4.78, 5) is 17.4. The van der Waals surface area contributed by atoms with Gasteiger partial charge in [0, 0.05) is 42.9 Å². The molecular weight excluding hydrogens is 240 g/mol. The molecule has 1 unspecified atom stereocenters. The maximum Gasteiger partial charge on any atom is 0.254 e. The zero-order chi connectivity index (χ0) is 13.2. The van der Waals surface area contributed by atoms with E-state index >= 15 is 0 Å². The number of likely N-dealkylation sites (N-methyl/N-ethyl adjacent to an activating group) is 1. The van der Waals surface area contributed by atoms with Gasteiger partial charge in [-0.25, -0.2) is 0 Å². The lowest BCUT2D eigenvalue weighted by atomic mass is 10.1. The number of benzene rings is 1. The Morgan fingerprint density at radius 1 is 1.47 bits per heavy atom. The average molecular weight is 258 g/mol. The first-order valence-electron chi connectivity index (χ1n) is 6.69. The van der Waals surface area contributed by atoms with Crippen LogP contribution in [0, 0.1) is 0 Å². The van der Waals surface area contributed by atoms with Crippen LogP contribution in [0.5, 0.6) is 0 Å². The third-order valence-electron chi connectivity index (χ3n) is 3.67. The molecule has 2 aromatic rings. The fourth-order valence-electron chi connectivity index (χ4n) is 2.65. The summed E-state index contributed by atoms with van der Waals surface area (Å²) in [5, 5.41) is 0.978. The zero-order valence-electron chi connectivity index (χ0n) is 11.1. The highest BCUT2D eigenvalue weighted by Gasteiger charge is 2.21. The number of carbonyl (C=O) groups excluding carboxylic acids is 1. The van der Waals surface area contributed by atoms with Gasteiger partial charge in [0.25, 0.3) is 5.91 Å². The summed E-state index contributed by atoms with van der Waals surface area (Å²) in [6.45, 7) is 1.49. The van der Waals surface area contributed by atoms with E-state index in [1.165, 1.54) is 0 Å². The molecule has 4 heteroatoms. The summed E-state index contributed by atoms with van der Waals surface area (Å²) in [5.41, 5.74) is 1.75. The Balaban J connectivity index is 1.80. The Labute approximate surface area is 112 Å². The number of nitrogens with zero attached hydrogens (tertiary/aromatic N) is 1. The van der Waals surface area contributed by atoms with Crippen LogP contribution < -0.4 is 0 Å². The van der Waals surface area contributed by atoms with Crippen molar-refractivity contribution in [3.05, 3.63) is 36.0 Å². The van der Waals surface area contributed by atoms with E-state index in [1.807, 2.05) is 37.5 Å². The Kier molecular flexibility index (Phi) is 3.25. The number of aromatic nitrogens is 1. The third kappa shape index (κ3) is 2.36. The number of hydrogen-bond donors (Lipinski definition) is 1. The lowest BCUT2D eigenvalue weighted by Gasteiger charge is -2.21. The van der Waals surface area contributed by atoms with Gasteiger partial charge in [-0.3, -0.25) is 4.79 Å². The number of aromatic amines is 1. The van der Waals surface area contributed by atoms with Crippen molar-refractivity contribution in [3.63, 3.8) is 0 Å². The van der Waals surface area contributed by atoms with Crippen molar-refractivity contribution in [3.8, 4) is 0 Å². The third-order valence-corrected chi connectivity index (χ3v) is 3.67. The molecule has 1 aromatic carbocycles. The second-order valence-corrected chi connectivity index (χ2v) is 5.07. The number of carbonyl (C=O) groups is 1. The number of rotatable bonds is 3. The van der Waals surface area contributed by atoms with Gasteiger partial charge in [0.2, 0.25) is 0 Å². The predicted molar refractivity (Wildman–Crippen MR) is 74.2 cm³/mol. The standard InChI is InChI=1S/C15H18N2O2/c1-17(10-11-4-3-9-19-11)15(18)13-5-2-6-14-12(13)7-8-16-14/h2,5-8,11,16H,3-4,9-10H2,1H3. The van der Waals surface area contributed by atoms with Crippen LogP contribution in [0.1, 0.15) is 23.2 Å². The highest BCUT2D eigenvalue weighted by Crippen LogP contribution is 2.20. The fourth-order valence-corrected chi connectivity index (χ4v) is 2.65. The molecule has 3 rings (SSSR count). The first-order chi connectivity index (χ1) is 9.25. The van der Waals surface area contributed by atoms with Crippen molar-refractivity contribution >= 4 is 16.8 Å². The molecule has 0 bridgehead atoms. The van der Waals surface area contributed by atoms with Gasteiger partial charge < -0.3 is 14.6 Å². The van der Waals surface area contributed by atoms with Gasteiger partial charge >= 0.3 is 0 Å². The van der Waals surface area contributed by atoms with Crippen molar-refractivity contribution in [2.45, 2.75) is 18.9 Å². The number of amides is 1. The minimum atomic E-state index is 0.0562. The fraction of sp³-hybridized carbons (Fsp3) is 0.400. The quantitative estimate of drug-likeness (QED) is 0.919. The molecule has 1 aliphatic rings. The average Bonchev–Trinajstić information content (AvgIpc) is 3.07. The molecule has 1 amide bonds. The Morgan fingerprint density at radius 2 is 2.37 bits per heavy atom. The highest BCUT2D eigenvalue weighted by molar-refractivity contribution is 6.06. The van der Waals surface area contributed by atoms with Crippen LogP contribution in [-0.2, 0) is 4.74 Å². The molecular formula is C15H18N2O2. The maximum atomic E-state index is 12.5. The van der Waals surface area contributed by atoms with E-state index in [0.717, 1.165) is 35.9 Å². The second-order valence-electron chi connectivity index (χ2n) is 5.07. The molecule has 0 aliphatic carbocycles. The van der Waals surface area contributed by atoms with Crippen LogP contribution in [0.2, 0.25) is 0 Å². The molecule has 1 aliphatic heterocycles. The van der Waals surface area contributed by atoms with Crippen molar-refractivity contribution in [2.75, 3.05) is 20.2 Å². The van der Waals surface area contributed by atoms with E-state index in [1.54, 1.807) is 4.90 Å². The molecule has 1 N–H and O–H groups in total. The molecule has 0 spiro atoms. The van der Waals surface area contributed by atoms with Gasteiger partial charge in [-0.2, -0.15) is 0 Å². The number of nitrogens with one attached hydrogen (secondary N) is 1. The summed E-state index contributed by atoms with van der Waals surface area (Å²) >= 11 is 0. The lowest BCUT2D eigenvalue weighted by Crippen LogP contribution is -2.34. The van der Waals surface area contributed by atoms with Gasteiger partial charge in [-0.05, 0) is 31.0 Å². The van der Waals surface area contributed by atoms with Gasteiger partial charge in [-0.15, -0.1) is 0 Å². The largest absolute Gasteiger partial charge is 0.376 e. The normalized spacial score (nSPS) is 18.9. The van der Waals surface area contributed by atoms with E-state index < -0.39 is 0 Å². The van der Waals surface area contributed by atoms with Gasteiger partial charge in [0.1, 0.15) is 0 Å². The number of fused-ring (bicyclic) bond motifs is 1. The topological polar surface area (TPSA) is 45.3 Å². The van der Waals surface area contributed by atoms with Crippen LogP contribution in [0.3, 0.4) is 0 Å². The van der Waals surface area contributed by atoms with Crippen LogP contribution >= 0.6 is 0 Å². The Morgan fingerprint density at radius 3 is 3.16 bits per heavy atom. The van der Waals surface area contributed by atoms with Crippen LogP contribution in [0.4, 0.5) is 0 Å². The molecule has 2 heterocycles. The maximum absolute atomic E-state index is 12.5. The monoisotopic (exact) mass is 258 g/mol. The SMILES string of the molecule is CN(CC1CCCO1)C(=O)c1cccc2[nH]ccc12. The summed E-state index contributed by atoms with van der Waals surface area (Å²) in [5.74, 6) is 0.0562. The molecule has 1 saturated heterocycles. The Bertz CT molecular complexity index is 585. The molecule has 1 fully saturated rings. The van der Waals surface area contributed by atoms with Crippen molar-refractivity contribution in [2.24, 2.45) is 0 Å². The summed E-state index contributed by atoms with van der Waals surface area (Å²) in [7, 11) is 1.84. The minimum Gasteiger partial charge on any atom is -0.376 e. The molecule has 100 valence electrons. The molecule has 1 aromatic heterocycles. The molecule has 1 atom stereocenters. The first-order valence-corrected chi connectivity index (χ1v) is 6.69. The van der Waals surface area contributed by atoms with Crippen molar-refractivity contribution < 1.29 is 9.53 Å². The molecule has 19 heavy (non-hydrogen) atoms. The summed E-state index contributed by atoms with van der Waals surface area (Å²) < 4.78 is 5.58. The first kappa shape index (κ1) is 12.2. The number of ether oxygens (including phenoxy) is 1. The smallest absolute Gasteiger partial charge is 0.254 e. The number of hydrogen-bond acceptors (Lipinski definition) is 2. The predicted octanol–water partition coefficient (Wildman–Crippen LogP) is 2.42. The summed E-state index contributed by atoms with van der Waals surface area (Å²) in [6.07, 6.45) is 4.20. The molecule has 4 nitrogen and oxygen atoms in total. The van der Waals surface area contributed by atoms with E-state index in [9.17, 15) is 4.79 Å². The van der Waals surface area contributed by atoms with Gasteiger partial charge in [0.15, 0.2) is 0 Å². The van der Waals surface area contributed by atoms with Gasteiger partial charge in [0.05, 0.1) is 6.10 Å². The van der Waals surface area contributed by atoms with Crippen LogP contribution in [-0.4, -0.2) is 42.1 Å². The van der Waals surface area contributed by atoms with E-state index in [2.05, 4.69) is 4.98 Å². The van der Waals surface area contributed by atoms with Crippen molar-refractivity contribution in [1.29, 1.82) is 0 Å². The zero-order valence-corrected chi connectivity index (χ0v) is 11.1. The van der Waals surface area contributed by atoms with Crippen LogP contribution in [0.15, 0.2) is 30.5 Å². The molecule has 0 radical (unpaired) electrons. The van der Waals surface area contributed by atoms with E-state index in [-0.39, 0.29) is 12.0 Å². The van der Waals surface area contributed by atoms with Crippen molar-refractivity contribution in [1.82, 2.24) is 9.88 Å². The minimum absolute atomic E-state index is 0.0562. The van der Waals surface area contributed by atoms with Crippen LogP contribution in [0.25, 0.3) is 10.9 Å². The van der Waals surface area contributed by atoms with E-state index in [0.29, 0.717) is 6.54 Å². The second kappa shape index (κ2) is 5.05. The lowest BCUT2D eigenvalue weighted by molar-refractivity contribution is 0.0588.